The molecule has 7 heteroatoms. The van der Waals surface area contributed by atoms with Gasteiger partial charge in [0.2, 0.25) is 5.91 Å². The fourth-order valence-electron chi connectivity index (χ4n) is 4.45. The van der Waals surface area contributed by atoms with E-state index in [-0.39, 0.29) is 5.91 Å². The van der Waals surface area contributed by atoms with Crippen LogP contribution in [0.3, 0.4) is 0 Å². The lowest BCUT2D eigenvalue weighted by molar-refractivity contribution is -0.116. The normalized spacial score (nSPS) is 20.0. The van der Waals surface area contributed by atoms with Crippen molar-refractivity contribution in [2.75, 3.05) is 30.3 Å². The average molecular weight is 418 g/mol. The first-order valence-corrected chi connectivity index (χ1v) is 10.9. The smallest absolute Gasteiger partial charge is 0.225 e. The summed E-state index contributed by atoms with van der Waals surface area (Å²) in [5.74, 6) is 0.0188. The molecule has 31 heavy (non-hydrogen) atoms. The molecule has 7 nitrogen and oxygen atoms in total. The summed E-state index contributed by atoms with van der Waals surface area (Å²) < 4.78 is 0. The van der Waals surface area contributed by atoms with Crippen molar-refractivity contribution in [2.45, 2.75) is 31.9 Å². The number of hydrogen-bond donors (Lipinski definition) is 4. The summed E-state index contributed by atoms with van der Waals surface area (Å²) in [7, 11) is 0. The number of aromatic nitrogens is 2. The molecule has 0 spiro atoms. The molecule has 3 aromatic rings. The standard InChI is InChI=1S/C24H27N5O2/c30-22(8-12-29-10-2-1-3-11-29)27-17-6-7-21-19(14-17)20(24(31)28-21)13-16-15-26-23-18(16)5-4-9-25-23/h4-7,9,13-15,24,28,31H,1-3,8,10-12H2,(H,25,26)(H,27,30). The molecule has 2 aliphatic rings. The van der Waals surface area contributed by atoms with Gasteiger partial charge in [-0.15, -0.1) is 0 Å². The maximum atomic E-state index is 12.5. The Morgan fingerprint density at radius 1 is 1.26 bits per heavy atom. The van der Waals surface area contributed by atoms with Gasteiger partial charge < -0.3 is 25.6 Å². The van der Waals surface area contributed by atoms with Crippen LogP contribution in [0.25, 0.3) is 22.7 Å². The van der Waals surface area contributed by atoms with Gasteiger partial charge in [-0.1, -0.05) is 6.42 Å². The topological polar surface area (TPSA) is 93.3 Å². The van der Waals surface area contributed by atoms with Gasteiger partial charge >= 0.3 is 0 Å². The number of aliphatic hydroxyl groups is 1. The van der Waals surface area contributed by atoms with Crippen molar-refractivity contribution in [3.63, 3.8) is 0 Å². The van der Waals surface area contributed by atoms with E-state index >= 15 is 0 Å². The minimum atomic E-state index is -0.804. The van der Waals surface area contributed by atoms with E-state index in [4.69, 9.17) is 0 Å². The summed E-state index contributed by atoms with van der Waals surface area (Å²) in [6.45, 7) is 2.98. The summed E-state index contributed by atoms with van der Waals surface area (Å²) in [4.78, 5) is 22.3. The second-order valence-corrected chi connectivity index (χ2v) is 8.25. The predicted octanol–water partition coefficient (Wildman–Crippen LogP) is 3.66. The van der Waals surface area contributed by atoms with Gasteiger partial charge in [0.25, 0.3) is 0 Å². The number of amides is 1. The molecule has 0 aliphatic carbocycles. The Hall–Kier alpha value is -3.16. The number of rotatable bonds is 5. The summed E-state index contributed by atoms with van der Waals surface area (Å²) in [6, 6.07) is 9.59. The summed E-state index contributed by atoms with van der Waals surface area (Å²) >= 11 is 0. The number of hydrogen-bond acceptors (Lipinski definition) is 5. The summed E-state index contributed by atoms with van der Waals surface area (Å²) in [5, 5.41) is 17.7. The van der Waals surface area contributed by atoms with Crippen LogP contribution in [-0.2, 0) is 4.79 Å². The monoisotopic (exact) mass is 417 g/mol. The molecule has 1 saturated heterocycles. The Kier molecular flexibility index (Phi) is 5.44. The highest BCUT2D eigenvalue weighted by molar-refractivity contribution is 6.00. The van der Waals surface area contributed by atoms with Gasteiger partial charge in [0, 0.05) is 58.8 Å². The maximum Gasteiger partial charge on any atom is 0.225 e. The van der Waals surface area contributed by atoms with Crippen LogP contribution in [0, 0.1) is 0 Å². The Morgan fingerprint density at radius 2 is 2.13 bits per heavy atom. The molecule has 1 amide bonds. The molecule has 0 radical (unpaired) electrons. The Balaban J connectivity index is 1.33. The molecular weight excluding hydrogens is 390 g/mol. The highest BCUT2D eigenvalue weighted by Gasteiger charge is 2.25. The summed E-state index contributed by atoms with van der Waals surface area (Å²) in [5.41, 5.74) is 5.02. The SMILES string of the molecule is O=C(CCN1CCCCC1)Nc1ccc2c(c1)C(=Cc1c[nH]c3ncccc13)C(O)N2. The number of aliphatic hydroxyl groups excluding tert-OH is 1. The number of fused-ring (bicyclic) bond motifs is 2. The minimum absolute atomic E-state index is 0.0188. The van der Waals surface area contributed by atoms with Crippen LogP contribution in [0.15, 0.2) is 42.7 Å². The fourth-order valence-corrected chi connectivity index (χ4v) is 4.45. The van der Waals surface area contributed by atoms with Crippen molar-refractivity contribution in [1.29, 1.82) is 0 Å². The average Bonchev–Trinajstić information content (AvgIpc) is 3.34. The number of carbonyl (C=O) groups is 1. The summed E-state index contributed by atoms with van der Waals surface area (Å²) in [6.07, 6.45) is 9.03. The number of piperidine rings is 1. The van der Waals surface area contributed by atoms with E-state index in [9.17, 15) is 9.90 Å². The molecule has 1 unspecified atom stereocenters. The van der Waals surface area contributed by atoms with E-state index < -0.39 is 6.23 Å². The number of H-pyrrole nitrogens is 1. The second-order valence-electron chi connectivity index (χ2n) is 8.25. The van der Waals surface area contributed by atoms with E-state index in [0.29, 0.717) is 6.42 Å². The molecule has 5 rings (SSSR count). The van der Waals surface area contributed by atoms with Crippen LogP contribution in [-0.4, -0.2) is 51.7 Å². The molecule has 160 valence electrons. The second kappa shape index (κ2) is 8.53. The van der Waals surface area contributed by atoms with Crippen LogP contribution in [0.2, 0.25) is 0 Å². The van der Waals surface area contributed by atoms with Crippen molar-refractivity contribution in [3.05, 3.63) is 53.9 Å². The third-order valence-corrected chi connectivity index (χ3v) is 6.10. The van der Waals surface area contributed by atoms with Gasteiger partial charge in [-0.3, -0.25) is 4.79 Å². The van der Waals surface area contributed by atoms with Gasteiger partial charge in [0.1, 0.15) is 5.65 Å². The van der Waals surface area contributed by atoms with Gasteiger partial charge in [-0.25, -0.2) is 4.98 Å². The minimum Gasteiger partial charge on any atom is -0.369 e. The third kappa shape index (κ3) is 4.19. The zero-order chi connectivity index (χ0) is 21.2. The van der Waals surface area contributed by atoms with Crippen LogP contribution in [0.1, 0.15) is 36.8 Å². The van der Waals surface area contributed by atoms with E-state index in [1.807, 2.05) is 42.6 Å². The zero-order valence-electron chi connectivity index (χ0n) is 17.4. The van der Waals surface area contributed by atoms with Crippen LogP contribution in [0.4, 0.5) is 11.4 Å². The number of aromatic amines is 1. The van der Waals surface area contributed by atoms with Crippen molar-refractivity contribution in [2.24, 2.45) is 0 Å². The van der Waals surface area contributed by atoms with E-state index in [2.05, 4.69) is 25.5 Å². The maximum absolute atomic E-state index is 12.5. The molecule has 2 aromatic heterocycles. The number of pyridine rings is 1. The predicted molar refractivity (Wildman–Crippen MR) is 124 cm³/mol. The van der Waals surface area contributed by atoms with E-state index in [1.54, 1.807) is 6.20 Å². The Bertz CT molecular complexity index is 1130. The van der Waals surface area contributed by atoms with Crippen molar-refractivity contribution < 1.29 is 9.90 Å². The lowest BCUT2D eigenvalue weighted by Gasteiger charge is -2.25. The first kappa shape index (κ1) is 19.8. The number of nitrogens with one attached hydrogen (secondary N) is 3. The number of carbonyl (C=O) groups excluding carboxylic acids is 1. The number of benzene rings is 1. The van der Waals surface area contributed by atoms with Gasteiger partial charge in [0.15, 0.2) is 6.23 Å². The van der Waals surface area contributed by atoms with Crippen LogP contribution in [0.5, 0.6) is 0 Å². The lowest BCUT2D eigenvalue weighted by atomic mass is 10.0. The molecule has 1 aromatic carbocycles. The first-order chi connectivity index (χ1) is 15.2. The van der Waals surface area contributed by atoms with Crippen molar-refractivity contribution in [3.8, 4) is 0 Å². The van der Waals surface area contributed by atoms with Crippen molar-refractivity contribution in [1.82, 2.24) is 14.9 Å². The molecule has 0 saturated carbocycles. The molecule has 4 N–H and O–H groups in total. The third-order valence-electron chi connectivity index (χ3n) is 6.10. The van der Waals surface area contributed by atoms with Crippen LogP contribution >= 0.6 is 0 Å². The van der Waals surface area contributed by atoms with Crippen LogP contribution < -0.4 is 10.6 Å². The molecule has 0 bridgehead atoms. The fraction of sp³-hybridized carbons (Fsp3) is 0.333. The van der Waals surface area contributed by atoms with Gasteiger partial charge in [0.05, 0.1) is 0 Å². The highest BCUT2D eigenvalue weighted by Crippen LogP contribution is 2.38. The van der Waals surface area contributed by atoms with Gasteiger partial charge in [-0.2, -0.15) is 0 Å². The highest BCUT2D eigenvalue weighted by atomic mass is 16.3. The van der Waals surface area contributed by atoms with E-state index in [0.717, 1.165) is 58.7 Å². The zero-order valence-corrected chi connectivity index (χ0v) is 17.4. The Labute approximate surface area is 181 Å². The van der Waals surface area contributed by atoms with E-state index in [1.165, 1.54) is 19.3 Å². The number of likely N-dealkylation sites (tertiary alicyclic amines) is 1. The quantitative estimate of drug-likeness (QED) is 0.508. The molecule has 1 fully saturated rings. The van der Waals surface area contributed by atoms with Crippen molar-refractivity contribution >= 4 is 40.0 Å². The lowest BCUT2D eigenvalue weighted by Crippen LogP contribution is -2.32. The largest absolute Gasteiger partial charge is 0.369 e. The molecule has 1 atom stereocenters. The number of anilines is 2. The molecule has 2 aliphatic heterocycles. The molecule has 4 heterocycles. The number of nitrogens with zero attached hydrogens (tertiary/aromatic N) is 2. The Morgan fingerprint density at radius 3 is 3.00 bits per heavy atom. The van der Waals surface area contributed by atoms with Gasteiger partial charge in [-0.05, 0) is 62.3 Å². The first-order valence-electron chi connectivity index (χ1n) is 10.9. The molecular formula is C24H27N5O2.